The number of carbonyl (C=O) groups excluding carboxylic acids is 2. The van der Waals surface area contributed by atoms with E-state index in [0.717, 1.165) is 22.4 Å². The quantitative estimate of drug-likeness (QED) is 0.699. The topological polar surface area (TPSA) is 63.4 Å². The van der Waals surface area contributed by atoms with E-state index in [1.807, 2.05) is 48.5 Å². The Bertz CT molecular complexity index is 722. The van der Waals surface area contributed by atoms with Crippen molar-refractivity contribution < 1.29 is 9.59 Å². The van der Waals surface area contributed by atoms with Crippen LogP contribution in [0.2, 0.25) is 0 Å². The van der Waals surface area contributed by atoms with Gasteiger partial charge in [-0.15, -0.1) is 0 Å². The van der Waals surface area contributed by atoms with Crippen LogP contribution in [0, 0.1) is 5.92 Å². The van der Waals surface area contributed by atoms with Gasteiger partial charge in [-0.25, -0.2) is 0 Å². The highest BCUT2D eigenvalue weighted by Gasteiger charge is 2.35. The Balaban J connectivity index is 1.84. The van der Waals surface area contributed by atoms with E-state index in [1.165, 1.54) is 4.90 Å². The van der Waals surface area contributed by atoms with Gasteiger partial charge in [0.15, 0.2) is 0 Å². The highest BCUT2D eigenvalue weighted by atomic mass is 16.2. The molecule has 1 fully saturated rings. The van der Waals surface area contributed by atoms with Crippen molar-refractivity contribution in [2.24, 2.45) is 5.92 Å². The van der Waals surface area contributed by atoms with Gasteiger partial charge in [0.1, 0.15) is 0 Å². The van der Waals surface area contributed by atoms with Crippen molar-refractivity contribution in [2.45, 2.75) is 19.9 Å². The maximum atomic E-state index is 12.0. The molecule has 1 aliphatic rings. The van der Waals surface area contributed by atoms with Crippen LogP contribution >= 0.6 is 0 Å². The van der Waals surface area contributed by atoms with E-state index in [1.54, 1.807) is 6.92 Å². The molecule has 2 aromatic carbocycles. The maximum absolute atomic E-state index is 12.0. The first-order chi connectivity index (χ1) is 10.5. The molecule has 0 aliphatic carbocycles. The second-order valence-corrected chi connectivity index (χ2v) is 5.75. The highest BCUT2D eigenvalue weighted by Crippen LogP contribution is 2.25. The smallest absolute Gasteiger partial charge is 0.232 e. The van der Waals surface area contributed by atoms with Crippen molar-refractivity contribution in [3.8, 4) is 11.1 Å². The largest absolute Gasteiger partial charge is 0.399 e. The molecule has 112 valence electrons. The number of amides is 2. The molecular weight excluding hydrogens is 276 g/mol. The number of rotatable bonds is 3. The minimum atomic E-state index is -0.201. The zero-order valence-electron chi connectivity index (χ0n) is 12.5. The Labute approximate surface area is 129 Å². The molecule has 0 spiro atoms. The normalized spacial score (nSPS) is 18.0. The number of nitrogens with zero attached hydrogens (tertiary/aromatic N) is 1. The fourth-order valence-corrected chi connectivity index (χ4v) is 2.72. The van der Waals surface area contributed by atoms with Crippen molar-refractivity contribution in [1.82, 2.24) is 4.90 Å². The lowest BCUT2D eigenvalue weighted by Crippen LogP contribution is -2.29. The fraction of sp³-hybridized carbons (Fsp3) is 0.222. The van der Waals surface area contributed by atoms with Gasteiger partial charge in [-0.1, -0.05) is 37.3 Å². The van der Waals surface area contributed by atoms with Gasteiger partial charge in [0.2, 0.25) is 11.8 Å². The summed E-state index contributed by atoms with van der Waals surface area (Å²) in [5.41, 5.74) is 9.48. The van der Waals surface area contributed by atoms with E-state index in [2.05, 4.69) is 0 Å². The number of anilines is 1. The minimum absolute atomic E-state index is 0.0807. The molecule has 3 rings (SSSR count). The molecule has 22 heavy (non-hydrogen) atoms. The Morgan fingerprint density at radius 1 is 1.09 bits per heavy atom. The summed E-state index contributed by atoms with van der Waals surface area (Å²) in [7, 11) is 0. The monoisotopic (exact) mass is 294 g/mol. The average molecular weight is 294 g/mol. The summed E-state index contributed by atoms with van der Waals surface area (Å²) in [6.07, 6.45) is 0.316. The third-order valence-corrected chi connectivity index (χ3v) is 3.98. The summed E-state index contributed by atoms with van der Waals surface area (Å²) in [5, 5.41) is 0. The molecule has 0 aromatic heterocycles. The number of hydrogen-bond acceptors (Lipinski definition) is 3. The van der Waals surface area contributed by atoms with Crippen molar-refractivity contribution in [3.63, 3.8) is 0 Å². The average Bonchev–Trinajstić information content (AvgIpc) is 2.75. The number of carbonyl (C=O) groups is 2. The lowest BCUT2D eigenvalue weighted by atomic mass is 10.0. The molecule has 0 bridgehead atoms. The van der Waals surface area contributed by atoms with Crippen molar-refractivity contribution in [2.75, 3.05) is 5.73 Å². The summed E-state index contributed by atoms with van der Waals surface area (Å²) in [4.78, 5) is 25.2. The van der Waals surface area contributed by atoms with Gasteiger partial charge in [-0.3, -0.25) is 14.5 Å². The number of benzene rings is 2. The van der Waals surface area contributed by atoms with Crippen LogP contribution in [0.5, 0.6) is 0 Å². The van der Waals surface area contributed by atoms with Gasteiger partial charge in [-0.2, -0.15) is 0 Å². The van der Waals surface area contributed by atoms with Crippen LogP contribution in [0.4, 0.5) is 5.69 Å². The number of nitrogen functional groups attached to an aromatic ring is 1. The van der Waals surface area contributed by atoms with E-state index >= 15 is 0 Å². The van der Waals surface area contributed by atoms with Crippen LogP contribution < -0.4 is 5.73 Å². The lowest BCUT2D eigenvalue weighted by Gasteiger charge is -2.15. The molecule has 1 heterocycles. The second kappa shape index (κ2) is 5.64. The van der Waals surface area contributed by atoms with Crippen molar-refractivity contribution >= 4 is 17.5 Å². The van der Waals surface area contributed by atoms with E-state index in [-0.39, 0.29) is 17.7 Å². The molecule has 2 N–H and O–H groups in total. The van der Waals surface area contributed by atoms with Gasteiger partial charge in [0.05, 0.1) is 6.54 Å². The van der Waals surface area contributed by atoms with Gasteiger partial charge in [0.25, 0.3) is 0 Å². The van der Waals surface area contributed by atoms with Gasteiger partial charge < -0.3 is 5.73 Å². The molecule has 2 aromatic rings. The van der Waals surface area contributed by atoms with Crippen molar-refractivity contribution in [3.05, 3.63) is 54.1 Å². The molecular formula is C18H18N2O2. The molecule has 1 saturated heterocycles. The highest BCUT2D eigenvalue weighted by molar-refractivity contribution is 6.03. The van der Waals surface area contributed by atoms with Gasteiger partial charge in [-0.05, 0) is 34.9 Å². The van der Waals surface area contributed by atoms with Gasteiger partial charge in [0, 0.05) is 18.0 Å². The van der Waals surface area contributed by atoms with E-state index in [4.69, 9.17) is 5.73 Å². The lowest BCUT2D eigenvalue weighted by molar-refractivity contribution is -0.139. The van der Waals surface area contributed by atoms with E-state index < -0.39 is 0 Å². The van der Waals surface area contributed by atoms with E-state index in [9.17, 15) is 9.59 Å². The summed E-state index contributed by atoms with van der Waals surface area (Å²) in [6, 6.07) is 15.5. The second-order valence-electron chi connectivity index (χ2n) is 5.75. The Morgan fingerprint density at radius 2 is 1.82 bits per heavy atom. The SMILES string of the molecule is CC1CC(=O)N(Cc2cccc(-c3ccc(N)cc3)c2)C1=O. The van der Waals surface area contributed by atoms with Crippen LogP contribution in [-0.2, 0) is 16.1 Å². The predicted molar refractivity (Wildman–Crippen MR) is 85.6 cm³/mol. The van der Waals surface area contributed by atoms with E-state index in [0.29, 0.717) is 13.0 Å². The standard InChI is InChI=1S/C18H18N2O2/c1-12-9-17(21)20(18(12)22)11-13-3-2-4-15(10-13)14-5-7-16(19)8-6-14/h2-8,10,12H,9,11,19H2,1H3. The molecule has 1 aliphatic heterocycles. The summed E-state index contributed by atoms with van der Waals surface area (Å²) in [5.74, 6) is -0.369. The number of likely N-dealkylation sites (tertiary alicyclic amines) is 1. The van der Waals surface area contributed by atoms with Crippen molar-refractivity contribution in [1.29, 1.82) is 0 Å². The Kier molecular flexibility index (Phi) is 3.67. The van der Waals surface area contributed by atoms with Crippen LogP contribution in [-0.4, -0.2) is 16.7 Å². The summed E-state index contributed by atoms with van der Waals surface area (Å²) in [6.45, 7) is 2.13. The molecule has 0 radical (unpaired) electrons. The maximum Gasteiger partial charge on any atom is 0.232 e. The fourth-order valence-electron chi connectivity index (χ4n) is 2.72. The first-order valence-corrected chi connectivity index (χ1v) is 7.33. The number of imide groups is 1. The third-order valence-electron chi connectivity index (χ3n) is 3.98. The molecule has 1 unspecified atom stereocenters. The molecule has 1 atom stereocenters. The Morgan fingerprint density at radius 3 is 2.45 bits per heavy atom. The molecule has 2 amide bonds. The molecule has 4 heteroatoms. The third kappa shape index (κ3) is 2.72. The zero-order valence-corrected chi connectivity index (χ0v) is 12.5. The molecule has 4 nitrogen and oxygen atoms in total. The first kappa shape index (κ1) is 14.3. The zero-order chi connectivity index (χ0) is 15.7. The van der Waals surface area contributed by atoms with Crippen LogP contribution in [0.1, 0.15) is 18.9 Å². The van der Waals surface area contributed by atoms with Crippen LogP contribution in [0.25, 0.3) is 11.1 Å². The predicted octanol–water partition coefficient (Wildman–Crippen LogP) is 2.83. The number of hydrogen-bond donors (Lipinski definition) is 1. The Hall–Kier alpha value is -2.62. The van der Waals surface area contributed by atoms with Crippen LogP contribution in [0.3, 0.4) is 0 Å². The summed E-state index contributed by atoms with van der Waals surface area (Å²) >= 11 is 0. The van der Waals surface area contributed by atoms with Crippen LogP contribution in [0.15, 0.2) is 48.5 Å². The summed E-state index contributed by atoms with van der Waals surface area (Å²) < 4.78 is 0. The minimum Gasteiger partial charge on any atom is -0.399 e. The van der Waals surface area contributed by atoms with Gasteiger partial charge >= 0.3 is 0 Å². The first-order valence-electron chi connectivity index (χ1n) is 7.33. The number of nitrogens with two attached hydrogens (primary N) is 1. The molecule has 0 saturated carbocycles.